The molecule has 1 fully saturated rings. The molecule has 0 aliphatic carbocycles. The molecule has 3 rings (SSSR count). The first-order chi connectivity index (χ1) is 13.7. The molecule has 30 heavy (non-hydrogen) atoms. The molecule has 0 bridgehead atoms. The molecule has 0 amide bonds. The molecule has 1 aliphatic heterocycles. The van der Waals surface area contributed by atoms with Gasteiger partial charge in [-0.1, -0.05) is 20.8 Å². The van der Waals surface area contributed by atoms with E-state index in [1.807, 2.05) is 0 Å². The van der Waals surface area contributed by atoms with E-state index in [0.717, 1.165) is 0 Å². The summed E-state index contributed by atoms with van der Waals surface area (Å²) in [5, 5.41) is 10.3. The fourth-order valence-corrected chi connectivity index (χ4v) is 4.33. The Labute approximate surface area is 183 Å². The van der Waals surface area contributed by atoms with E-state index < -0.39 is 20.3 Å². The monoisotopic (exact) mass is 457 g/mol. The van der Waals surface area contributed by atoms with Crippen LogP contribution in [0.2, 0.25) is 23.4 Å². The van der Waals surface area contributed by atoms with Gasteiger partial charge in [-0.25, -0.2) is 4.98 Å². The van der Waals surface area contributed by atoms with Crippen molar-refractivity contribution >= 4 is 36.9 Å². The summed E-state index contributed by atoms with van der Waals surface area (Å²) in [6.45, 7) is 14.5. The number of imidazole rings is 1. The summed E-state index contributed by atoms with van der Waals surface area (Å²) in [6.07, 6.45) is 0.951. The van der Waals surface area contributed by atoms with Crippen LogP contribution in [-0.4, -0.2) is 57.5 Å². The van der Waals surface area contributed by atoms with Gasteiger partial charge in [0.15, 0.2) is 25.6 Å². The predicted molar refractivity (Wildman–Crippen MR) is 118 cm³/mol. The van der Waals surface area contributed by atoms with E-state index in [1.54, 1.807) is 24.7 Å². The molecule has 168 valence electrons. The lowest BCUT2D eigenvalue weighted by atomic mass is 10.1. The van der Waals surface area contributed by atoms with E-state index in [2.05, 4.69) is 48.8 Å². The van der Waals surface area contributed by atoms with Crippen molar-refractivity contribution in [2.45, 2.75) is 83.4 Å². The average Bonchev–Trinajstić information content (AvgIpc) is 3.14. The van der Waals surface area contributed by atoms with Gasteiger partial charge in [-0.05, 0) is 43.6 Å². The number of aliphatic hydroxyl groups is 1. The molecule has 11 heteroatoms. The SMILES string of the molecule is CC(C)(O)O[C@H]1C[C@H](n2cnc3c(N)nc(Cl)nc32)O[C@@H]1CO[Si](C)(C)C(C)(C)C. The Hall–Kier alpha value is -1.30. The van der Waals surface area contributed by atoms with Crippen molar-refractivity contribution in [2.24, 2.45) is 0 Å². The van der Waals surface area contributed by atoms with Gasteiger partial charge in [0.25, 0.3) is 0 Å². The van der Waals surface area contributed by atoms with E-state index in [0.29, 0.717) is 24.2 Å². The molecule has 3 heterocycles. The number of anilines is 1. The second kappa shape index (κ2) is 7.99. The topological polar surface area (TPSA) is 118 Å². The highest BCUT2D eigenvalue weighted by Gasteiger charge is 2.43. The van der Waals surface area contributed by atoms with Crippen LogP contribution in [0.4, 0.5) is 5.82 Å². The molecule has 3 atom stereocenters. The van der Waals surface area contributed by atoms with Crippen LogP contribution in [0.3, 0.4) is 0 Å². The van der Waals surface area contributed by atoms with Crippen molar-refractivity contribution in [1.82, 2.24) is 19.5 Å². The van der Waals surface area contributed by atoms with Crippen LogP contribution in [0.15, 0.2) is 6.33 Å². The molecule has 0 spiro atoms. The number of ether oxygens (including phenoxy) is 2. The van der Waals surface area contributed by atoms with E-state index in [4.69, 9.17) is 31.2 Å². The highest BCUT2D eigenvalue weighted by molar-refractivity contribution is 6.74. The van der Waals surface area contributed by atoms with Gasteiger partial charge in [-0.15, -0.1) is 0 Å². The number of hydrogen-bond donors (Lipinski definition) is 2. The Morgan fingerprint density at radius 1 is 1.30 bits per heavy atom. The molecule has 2 aromatic heterocycles. The molecule has 0 radical (unpaired) electrons. The first-order valence-corrected chi connectivity index (χ1v) is 13.3. The zero-order chi connectivity index (χ0) is 22.5. The van der Waals surface area contributed by atoms with Gasteiger partial charge in [-0.2, -0.15) is 9.97 Å². The molecule has 0 saturated carbocycles. The Balaban J connectivity index is 1.85. The van der Waals surface area contributed by atoms with Crippen LogP contribution in [-0.2, 0) is 13.9 Å². The van der Waals surface area contributed by atoms with Crippen molar-refractivity contribution in [2.75, 3.05) is 12.3 Å². The Morgan fingerprint density at radius 2 is 1.97 bits per heavy atom. The number of nitrogens with two attached hydrogens (primary N) is 1. The van der Waals surface area contributed by atoms with Crippen molar-refractivity contribution in [1.29, 1.82) is 0 Å². The van der Waals surface area contributed by atoms with Crippen LogP contribution >= 0.6 is 11.6 Å². The smallest absolute Gasteiger partial charge is 0.226 e. The number of aromatic nitrogens is 4. The maximum atomic E-state index is 10.2. The molecule has 1 aliphatic rings. The summed E-state index contributed by atoms with van der Waals surface area (Å²) in [4.78, 5) is 12.5. The molecule has 3 N–H and O–H groups in total. The maximum absolute atomic E-state index is 10.2. The number of rotatable bonds is 6. The summed E-state index contributed by atoms with van der Waals surface area (Å²) in [7, 11) is -1.98. The normalized spacial score (nSPS) is 23.4. The third-order valence-corrected chi connectivity index (χ3v) is 10.4. The zero-order valence-corrected chi connectivity index (χ0v) is 20.4. The Kier molecular flexibility index (Phi) is 6.22. The van der Waals surface area contributed by atoms with E-state index >= 15 is 0 Å². The van der Waals surface area contributed by atoms with Crippen molar-refractivity contribution in [3.63, 3.8) is 0 Å². The molecule has 0 unspecified atom stereocenters. The van der Waals surface area contributed by atoms with Crippen LogP contribution in [0.1, 0.15) is 47.3 Å². The van der Waals surface area contributed by atoms with Gasteiger partial charge in [0.2, 0.25) is 5.28 Å². The fourth-order valence-electron chi connectivity index (χ4n) is 3.14. The first kappa shape index (κ1) is 23.4. The summed E-state index contributed by atoms with van der Waals surface area (Å²) in [6, 6.07) is 0. The standard InChI is InChI=1S/C19H32ClN5O4Si/c1-18(2,3)30(6,7)27-9-12-11(29-19(4,5)26)8-13(28-12)25-10-22-14-15(21)23-17(20)24-16(14)25/h10-13,26H,8-9H2,1-7H3,(H2,21,23,24)/t11-,12+,13+/m0/s1. The predicted octanol–water partition coefficient (Wildman–Crippen LogP) is 3.48. The number of fused-ring (bicyclic) bond motifs is 1. The summed E-state index contributed by atoms with van der Waals surface area (Å²) >= 11 is 5.99. The second-order valence-corrected chi connectivity index (χ2v) is 14.9. The molecule has 9 nitrogen and oxygen atoms in total. The first-order valence-electron chi connectivity index (χ1n) is 10.0. The highest BCUT2D eigenvalue weighted by atomic mass is 35.5. The van der Waals surface area contributed by atoms with E-state index in [1.165, 1.54) is 0 Å². The maximum Gasteiger partial charge on any atom is 0.226 e. The second-order valence-electron chi connectivity index (χ2n) is 9.74. The number of hydrogen-bond acceptors (Lipinski definition) is 8. The largest absolute Gasteiger partial charge is 0.414 e. The van der Waals surface area contributed by atoms with Gasteiger partial charge < -0.3 is 24.7 Å². The molecule has 1 saturated heterocycles. The van der Waals surface area contributed by atoms with Gasteiger partial charge >= 0.3 is 0 Å². The van der Waals surface area contributed by atoms with Crippen molar-refractivity contribution in [3.05, 3.63) is 11.6 Å². The molecule has 0 aromatic carbocycles. The lowest BCUT2D eigenvalue weighted by Gasteiger charge is -2.37. The molecular formula is C19H32ClN5O4Si. The summed E-state index contributed by atoms with van der Waals surface area (Å²) in [5.41, 5.74) is 6.87. The minimum absolute atomic E-state index is 0.0434. The summed E-state index contributed by atoms with van der Waals surface area (Å²) in [5.74, 6) is -1.09. The molecule has 2 aromatic rings. The minimum Gasteiger partial charge on any atom is -0.414 e. The lowest BCUT2D eigenvalue weighted by Crippen LogP contribution is -2.45. The van der Waals surface area contributed by atoms with Gasteiger partial charge in [0, 0.05) is 6.42 Å². The van der Waals surface area contributed by atoms with Crippen molar-refractivity contribution < 1.29 is 19.0 Å². The third-order valence-electron chi connectivity index (χ3n) is 5.77. The number of nitrogens with zero attached hydrogens (tertiary/aromatic N) is 4. The minimum atomic E-state index is -1.98. The quantitative estimate of drug-likeness (QED) is 0.384. The van der Waals surface area contributed by atoms with Crippen molar-refractivity contribution in [3.8, 4) is 0 Å². The average molecular weight is 458 g/mol. The third kappa shape index (κ3) is 4.95. The molecular weight excluding hydrogens is 426 g/mol. The Morgan fingerprint density at radius 3 is 2.57 bits per heavy atom. The van der Waals surface area contributed by atoms with Crippen LogP contribution in [0.5, 0.6) is 0 Å². The van der Waals surface area contributed by atoms with E-state index in [9.17, 15) is 5.11 Å². The van der Waals surface area contributed by atoms with Crippen LogP contribution in [0.25, 0.3) is 11.2 Å². The summed E-state index contributed by atoms with van der Waals surface area (Å²) < 4.78 is 20.3. The fraction of sp³-hybridized carbons (Fsp3) is 0.737. The zero-order valence-electron chi connectivity index (χ0n) is 18.6. The van der Waals surface area contributed by atoms with E-state index in [-0.39, 0.29) is 28.3 Å². The van der Waals surface area contributed by atoms with Gasteiger partial charge in [0.1, 0.15) is 17.8 Å². The van der Waals surface area contributed by atoms with Crippen LogP contribution < -0.4 is 5.73 Å². The Bertz CT molecular complexity index is 909. The number of nitrogen functional groups attached to an aromatic ring is 1. The van der Waals surface area contributed by atoms with Gasteiger partial charge in [0.05, 0.1) is 19.0 Å². The van der Waals surface area contributed by atoms with Crippen LogP contribution in [0, 0.1) is 0 Å². The lowest BCUT2D eigenvalue weighted by molar-refractivity contribution is -0.216. The number of halogens is 1. The highest BCUT2D eigenvalue weighted by Crippen LogP contribution is 2.39. The van der Waals surface area contributed by atoms with Gasteiger partial charge in [-0.3, -0.25) is 4.57 Å².